The highest BCUT2D eigenvalue weighted by Crippen LogP contribution is 2.30. The van der Waals surface area contributed by atoms with E-state index in [1.54, 1.807) is 19.2 Å². The van der Waals surface area contributed by atoms with E-state index in [0.29, 0.717) is 49.6 Å². The molecule has 168 valence electrons. The van der Waals surface area contributed by atoms with Crippen molar-refractivity contribution in [1.29, 1.82) is 0 Å². The Morgan fingerprint density at radius 2 is 1.81 bits per heavy atom. The van der Waals surface area contributed by atoms with E-state index in [1.807, 2.05) is 34.1 Å². The van der Waals surface area contributed by atoms with E-state index in [9.17, 15) is 13.2 Å². The molecule has 0 bridgehead atoms. The summed E-state index contributed by atoms with van der Waals surface area (Å²) in [6, 6.07) is 11.2. The molecule has 7 nitrogen and oxygen atoms in total. The summed E-state index contributed by atoms with van der Waals surface area (Å²) in [7, 11) is -1.89. The summed E-state index contributed by atoms with van der Waals surface area (Å²) in [5.41, 5.74) is 1.08. The Labute approximate surface area is 192 Å². The number of thiophene rings is 1. The fourth-order valence-electron chi connectivity index (χ4n) is 3.71. The molecule has 2 aliphatic rings. The molecule has 2 heterocycles. The molecule has 31 heavy (non-hydrogen) atoms. The van der Waals surface area contributed by atoms with E-state index in [2.05, 4.69) is 0 Å². The molecule has 2 aromatic rings. The maximum Gasteiger partial charge on any atom is 0.252 e. The smallest absolute Gasteiger partial charge is 0.252 e. The summed E-state index contributed by atoms with van der Waals surface area (Å²) in [6.07, 6.45) is 2.08. The molecular weight excluding hydrogens is 458 g/mol. The first-order valence-corrected chi connectivity index (χ1v) is 12.9. The summed E-state index contributed by atoms with van der Waals surface area (Å²) in [6.45, 7) is 2.70. The van der Waals surface area contributed by atoms with E-state index < -0.39 is 10.0 Å². The largest absolute Gasteiger partial charge is 0.497 e. The second-order valence-electron chi connectivity index (χ2n) is 7.84. The van der Waals surface area contributed by atoms with Crippen LogP contribution in [0, 0.1) is 0 Å². The lowest BCUT2D eigenvalue weighted by Gasteiger charge is -2.34. The van der Waals surface area contributed by atoms with Crippen molar-refractivity contribution in [3.63, 3.8) is 0 Å². The van der Waals surface area contributed by atoms with Crippen molar-refractivity contribution in [2.24, 2.45) is 0 Å². The number of nitrogens with zero attached hydrogens (tertiary/aromatic N) is 3. The highest BCUT2D eigenvalue weighted by atomic mass is 35.5. The standard InChI is InChI=1S/C21H26ClN3O4S2/c1-29-18-6-2-16(3-7-18)14-25(17-4-5-17)20(26)15-23-10-12-24(13-11-23)31(27,28)21-9-8-19(22)30-21/h2-3,6-9,17H,4-5,10-15H2,1H3. The molecule has 4 rings (SSSR count). The molecule has 1 aromatic carbocycles. The van der Waals surface area contributed by atoms with Crippen LogP contribution in [0.1, 0.15) is 18.4 Å². The molecule has 0 radical (unpaired) electrons. The van der Waals surface area contributed by atoms with Gasteiger partial charge in [-0.25, -0.2) is 8.42 Å². The lowest BCUT2D eigenvalue weighted by atomic mass is 10.2. The zero-order valence-electron chi connectivity index (χ0n) is 17.4. The summed E-state index contributed by atoms with van der Waals surface area (Å²) in [5, 5.41) is 0. The maximum absolute atomic E-state index is 13.0. The van der Waals surface area contributed by atoms with Crippen LogP contribution in [0.25, 0.3) is 0 Å². The number of methoxy groups -OCH3 is 1. The number of sulfonamides is 1. The quantitative estimate of drug-likeness (QED) is 0.577. The van der Waals surface area contributed by atoms with Gasteiger partial charge in [0, 0.05) is 38.8 Å². The lowest BCUT2D eigenvalue weighted by molar-refractivity contribution is -0.133. The number of amides is 1. The summed E-state index contributed by atoms with van der Waals surface area (Å²) < 4.78 is 32.9. The third-order valence-corrected chi connectivity index (χ3v) is 9.25. The van der Waals surface area contributed by atoms with E-state index in [1.165, 1.54) is 4.31 Å². The molecule has 1 amide bonds. The number of hydrogen-bond donors (Lipinski definition) is 0. The molecule has 1 saturated heterocycles. The van der Waals surface area contributed by atoms with Crippen molar-refractivity contribution in [1.82, 2.24) is 14.1 Å². The topological polar surface area (TPSA) is 70.2 Å². The van der Waals surface area contributed by atoms with Crippen LogP contribution in [0.15, 0.2) is 40.6 Å². The van der Waals surface area contributed by atoms with E-state index in [-0.39, 0.29) is 10.1 Å². The van der Waals surface area contributed by atoms with Crippen molar-refractivity contribution in [2.75, 3.05) is 39.8 Å². The van der Waals surface area contributed by atoms with Crippen molar-refractivity contribution in [3.05, 3.63) is 46.3 Å². The van der Waals surface area contributed by atoms with Crippen molar-refractivity contribution in [2.45, 2.75) is 29.6 Å². The normalized spacial score (nSPS) is 18.1. The van der Waals surface area contributed by atoms with Crippen molar-refractivity contribution < 1.29 is 17.9 Å². The number of benzene rings is 1. The van der Waals surface area contributed by atoms with Crippen LogP contribution in [0.2, 0.25) is 4.34 Å². The van der Waals surface area contributed by atoms with Crippen LogP contribution < -0.4 is 4.74 Å². The highest BCUT2D eigenvalue weighted by Gasteiger charge is 2.35. The first-order valence-electron chi connectivity index (χ1n) is 10.3. The number of carbonyl (C=O) groups excluding carboxylic acids is 1. The van der Waals surface area contributed by atoms with Gasteiger partial charge in [-0.2, -0.15) is 4.31 Å². The Balaban J connectivity index is 1.33. The van der Waals surface area contributed by atoms with Crippen LogP contribution in [0.3, 0.4) is 0 Å². The zero-order valence-corrected chi connectivity index (χ0v) is 19.8. The number of ether oxygens (including phenoxy) is 1. The molecule has 1 aliphatic carbocycles. The molecule has 10 heteroatoms. The molecule has 0 atom stereocenters. The number of rotatable bonds is 8. The molecular formula is C21H26ClN3O4S2. The Morgan fingerprint density at radius 3 is 2.35 bits per heavy atom. The molecule has 1 aromatic heterocycles. The first-order chi connectivity index (χ1) is 14.9. The van der Waals surface area contributed by atoms with Crippen LogP contribution in [0.5, 0.6) is 5.75 Å². The SMILES string of the molecule is COc1ccc(CN(C(=O)CN2CCN(S(=O)(=O)c3ccc(Cl)s3)CC2)C2CC2)cc1. The average Bonchev–Trinajstić information content (AvgIpc) is 3.51. The predicted octanol–water partition coefficient (Wildman–Crippen LogP) is 2.91. The number of carbonyl (C=O) groups is 1. The van der Waals surface area contributed by atoms with Crippen LogP contribution in [0.4, 0.5) is 0 Å². The number of hydrogen-bond acceptors (Lipinski definition) is 6. The van der Waals surface area contributed by atoms with Crippen LogP contribution in [-0.2, 0) is 21.4 Å². The second kappa shape index (κ2) is 9.46. The molecule has 0 unspecified atom stereocenters. The minimum absolute atomic E-state index is 0.0969. The van der Waals surface area contributed by atoms with Gasteiger partial charge < -0.3 is 9.64 Å². The highest BCUT2D eigenvalue weighted by molar-refractivity contribution is 7.91. The Morgan fingerprint density at radius 1 is 1.13 bits per heavy atom. The van der Waals surface area contributed by atoms with Crippen molar-refractivity contribution >= 4 is 38.9 Å². The van der Waals surface area contributed by atoms with Gasteiger partial charge in [0.2, 0.25) is 5.91 Å². The van der Waals surface area contributed by atoms with Gasteiger partial charge in [0.05, 0.1) is 18.0 Å². The number of halogens is 1. The first kappa shape index (κ1) is 22.5. The van der Waals surface area contributed by atoms with Gasteiger partial charge in [0.15, 0.2) is 0 Å². The fraction of sp³-hybridized carbons (Fsp3) is 0.476. The third kappa shape index (κ3) is 5.40. The van der Waals surface area contributed by atoms with E-state index >= 15 is 0 Å². The minimum atomic E-state index is -3.52. The van der Waals surface area contributed by atoms with Gasteiger partial charge in [-0.1, -0.05) is 23.7 Å². The Hall–Kier alpha value is -1.65. The monoisotopic (exact) mass is 483 g/mol. The second-order valence-corrected chi connectivity index (χ2v) is 11.7. The van der Waals surface area contributed by atoms with E-state index in [4.69, 9.17) is 16.3 Å². The predicted molar refractivity (Wildman–Crippen MR) is 121 cm³/mol. The fourth-order valence-corrected chi connectivity index (χ4v) is 6.77. The molecule has 2 fully saturated rings. The van der Waals surface area contributed by atoms with Crippen molar-refractivity contribution in [3.8, 4) is 5.75 Å². The lowest BCUT2D eigenvalue weighted by Crippen LogP contribution is -2.51. The molecule has 1 aliphatic heterocycles. The summed E-state index contributed by atoms with van der Waals surface area (Å²) in [5.74, 6) is 0.894. The minimum Gasteiger partial charge on any atom is -0.497 e. The number of piperazine rings is 1. The van der Waals surface area contributed by atoms with Crippen LogP contribution in [-0.4, -0.2) is 74.3 Å². The maximum atomic E-state index is 13.0. The van der Waals surface area contributed by atoms with Gasteiger partial charge in [-0.3, -0.25) is 9.69 Å². The van der Waals surface area contributed by atoms with Gasteiger partial charge in [0.1, 0.15) is 9.96 Å². The van der Waals surface area contributed by atoms with Gasteiger partial charge >= 0.3 is 0 Å². The van der Waals surface area contributed by atoms with Gasteiger partial charge in [-0.05, 0) is 42.7 Å². The van der Waals surface area contributed by atoms with Gasteiger partial charge in [0.25, 0.3) is 10.0 Å². The van der Waals surface area contributed by atoms with E-state index in [0.717, 1.165) is 35.5 Å². The Bertz CT molecular complexity index is 1010. The average molecular weight is 484 g/mol. The molecule has 0 spiro atoms. The summed E-state index contributed by atoms with van der Waals surface area (Å²) >= 11 is 6.97. The summed E-state index contributed by atoms with van der Waals surface area (Å²) in [4.78, 5) is 17.0. The third-order valence-electron chi connectivity index (χ3n) is 5.65. The van der Waals surface area contributed by atoms with Gasteiger partial charge in [-0.15, -0.1) is 11.3 Å². The van der Waals surface area contributed by atoms with Crippen LogP contribution >= 0.6 is 22.9 Å². The zero-order chi connectivity index (χ0) is 22.0. The Kier molecular flexibility index (Phi) is 6.88. The molecule has 1 saturated carbocycles. The molecule has 0 N–H and O–H groups in total.